The standard InChI is InChI=1S/C15H20/c1-4-10-15(13(3)5-2)14-11-8-6-7-9-12-14/h5-9,11,15H,2-4,10,12H2,1H3. The summed E-state index contributed by atoms with van der Waals surface area (Å²) in [4.78, 5) is 0. The summed E-state index contributed by atoms with van der Waals surface area (Å²) in [5.74, 6) is 0.472. The van der Waals surface area contributed by atoms with Gasteiger partial charge in [-0.3, -0.25) is 0 Å². The molecule has 0 amide bonds. The number of hydrogen-bond donors (Lipinski definition) is 0. The molecular formula is C15H20. The van der Waals surface area contributed by atoms with Gasteiger partial charge in [0.2, 0.25) is 0 Å². The van der Waals surface area contributed by atoms with Gasteiger partial charge in [0.05, 0.1) is 0 Å². The van der Waals surface area contributed by atoms with Crippen molar-refractivity contribution >= 4 is 0 Å². The highest BCUT2D eigenvalue weighted by molar-refractivity contribution is 5.32. The van der Waals surface area contributed by atoms with E-state index in [1.165, 1.54) is 18.4 Å². The molecule has 0 aromatic rings. The Hall–Kier alpha value is -1.30. The van der Waals surface area contributed by atoms with Gasteiger partial charge in [-0.05, 0) is 18.4 Å². The van der Waals surface area contributed by atoms with Crippen LogP contribution >= 0.6 is 0 Å². The molecule has 0 heterocycles. The highest BCUT2D eigenvalue weighted by Crippen LogP contribution is 2.28. The molecule has 1 aliphatic rings. The second-order valence-electron chi connectivity index (χ2n) is 3.88. The molecule has 1 atom stereocenters. The minimum absolute atomic E-state index is 0.472. The van der Waals surface area contributed by atoms with E-state index < -0.39 is 0 Å². The highest BCUT2D eigenvalue weighted by atomic mass is 14.2. The van der Waals surface area contributed by atoms with Gasteiger partial charge in [-0.2, -0.15) is 0 Å². The average molecular weight is 200 g/mol. The molecule has 0 radical (unpaired) electrons. The normalized spacial score (nSPS) is 16.7. The Morgan fingerprint density at radius 3 is 2.93 bits per heavy atom. The Morgan fingerprint density at radius 1 is 1.47 bits per heavy atom. The fourth-order valence-electron chi connectivity index (χ4n) is 1.89. The first-order valence-electron chi connectivity index (χ1n) is 5.63. The van der Waals surface area contributed by atoms with Gasteiger partial charge in [-0.25, -0.2) is 0 Å². The molecule has 0 saturated carbocycles. The third-order valence-corrected chi connectivity index (χ3v) is 2.76. The molecular weight excluding hydrogens is 180 g/mol. The topological polar surface area (TPSA) is 0 Å². The summed E-state index contributed by atoms with van der Waals surface area (Å²) in [7, 11) is 0. The van der Waals surface area contributed by atoms with Crippen molar-refractivity contribution in [2.75, 3.05) is 0 Å². The quantitative estimate of drug-likeness (QED) is 0.569. The van der Waals surface area contributed by atoms with Crippen LogP contribution in [-0.4, -0.2) is 0 Å². The molecule has 0 N–H and O–H groups in total. The van der Waals surface area contributed by atoms with Crippen LogP contribution in [0.15, 0.2) is 60.8 Å². The summed E-state index contributed by atoms with van der Waals surface area (Å²) < 4.78 is 0. The van der Waals surface area contributed by atoms with E-state index in [1.54, 1.807) is 0 Å². The summed E-state index contributed by atoms with van der Waals surface area (Å²) in [5.41, 5.74) is 2.60. The van der Waals surface area contributed by atoms with Crippen molar-refractivity contribution in [3.63, 3.8) is 0 Å². The van der Waals surface area contributed by atoms with Crippen molar-refractivity contribution in [3.8, 4) is 0 Å². The van der Waals surface area contributed by atoms with Crippen LogP contribution in [0.4, 0.5) is 0 Å². The maximum Gasteiger partial charge on any atom is 0.00482 e. The van der Waals surface area contributed by atoms with Gasteiger partial charge in [0.25, 0.3) is 0 Å². The molecule has 0 spiro atoms. The van der Waals surface area contributed by atoms with Gasteiger partial charge in [0.15, 0.2) is 0 Å². The molecule has 0 nitrogen and oxygen atoms in total. The van der Waals surface area contributed by atoms with E-state index >= 15 is 0 Å². The largest absolute Gasteiger partial charge is 0.0988 e. The number of allylic oxidation sites excluding steroid dienone is 8. The van der Waals surface area contributed by atoms with E-state index in [1.807, 2.05) is 6.08 Å². The highest BCUT2D eigenvalue weighted by Gasteiger charge is 2.13. The molecule has 0 aromatic carbocycles. The van der Waals surface area contributed by atoms with Crippen molar-refractivity contribution in [1.82, 2.24) is 0 Å². The van der Waals surface area contributed by atoms with E-state index in [0.29, 0.717) is 5.92 Å². The smallest absolute Gasteiger partial charge is 0.00482 e. The molecule has 0 aromatic heterocycles. The second kappa shape index (κ2) is 6.23. The third-order valence-electron chi connectivity index (χ3n) is 2.76. The maximum atomic E-state index is 4.09. The lowest BCUT2D eigenvalue weighted by Crippen LogP contribution is -2.05. The van der Waals surface area contributed by atoms with Crippen molar-refractivity contribution in [1.29, 1.82) is 0 Å². The molecule has 1 aliphatic carbocycles. The maximum absolute atomic E-state index is 4.09. The van der Waals surface area contributed by atoms with E-state index in [2.05, 4.69) is 50.5 Å². The van der Waals surface area contributed by atoms with Crippen LogP contribution < -0.4 is 0 Å². The average Bonchev–Trinajstić information content (AvgIpc) is 2.53. The predicted octanol–water partition coefficient (Wildman–Crippen LogP) is 4.59. The van der Waals surface area contributed by atoms with Crippen LogP contribution in [-0.2, 0) is 0 Å². The molecule has 1 unspecified atom stereocenters. The van der Waals surface area contributed by atoms with Gasteiger partial charge in [0.1, 0.15) is 0 Å². The first-order chi connectivity index (χ1) is 7.29. The summed E-state index contributed by atoms with van der Waals surface area (Å²) in [6, 6.07) is 0. The van der Waals surface area contributed by atoms with Crippen LogP contribution in [0, 0.1) is 5.92 Å². The fraction of sp³-hybridized carbons (Fsp3) is 0.333. The molecule has 0 aliphatic heterocycles. The lowest BCUT2D eigenvalue weighted by atomic mass is 9.86. The monoisotopic (exact) mass is 200 g/mol. The molecule has 15 heavy (non-hydrogen) atoms. The summed E-state index contributed by atoms with van der Waals surface area (Å²) in [6.45, 7) is 10.1. The van der Waals surface area contributed by atoms with E-state index in [4.69, 9.17) is 0 Å². The molecule has 1 rings (SSSR count). The predicted molar refractivity (Wildman–Crippen MR) is 68.7 cm³/mol. The Balaban J connectivity index is 2.83. The first-order valence-corrected chi connectivity index (χ1v) is 5.63. The second-order valence-corrected chi connectivity index (χ2v) is 3.88. The lowest BCUT2D eigenvalue weighted by Gasteiger charge is -2.19. The minimum Gasteiger partial charge on any atom is -0.0988 e. The Bertz CT molecular complexity index is 313. The molecule has 0 saturated heterocycles. The van der Waals surface area contributed by atoms with Gasteiger partial charge in [0, 0.05) is 5.92 Å². The van der Waals surface area contributed by atoms with Crippen LogP contribution in [0.2, 0.25) is 0 Å². The van der Waals surface area contributed by atoms with Crippen LogP contribution in [0.5, 0.6) is 0 Å². The van der Waals surface area contributed by atoms with E-state index in [-0.39, 0.29) is 0 Å². The lowest BCUT2D eigenvalue weighted by molar-refractivity contribution is 0.629. The molecule has 0 heteroatoms. The number of hydrogen-bond acceptors (Lipinski definition) is 0. The van der Waals surface area contributed by atoms with Gasteiger partial charge in [-0.1, -0.05) is 68.5 Å². The Morgan fingerprint density at radius 2 is 2.27 bits per heavy atom. The Labute approximate surface area is 93.4 Å². The SMILES string of the molecule is C=CC(=C)C(CCC)C1=CC=CC=CC1. The zero-order valence-electron chi connectivity index (χ0n) is 9.58. The van der Waals surface area contributed by atoms with Crippen molar-refractivity contribution < 1.29 is 0 Å². The van der Waals surface area contributed by atoms with Crippen LogP contribution in [0.25, 0.3) is 0 Å². The molecule has 0 bridgehead atoms. The zero-order chi connectivity index (χ0) is 11.1. The van der Waals surface area contributed by atoms with E-state index in [9.17, 15) is 0 Å². The number of rotatable bonds is 5. The summed E-state index contributed by atoms with van der Waals surface area (Å²) >= 11 is 0. The van der Waals surface area contributed by atoms with Crippen molar-refractivity contribution in [3.05, 3.63) is 60.8 Å². The van der Waals surface area contributed by atoms with Crippen molar-refractivity contribution in [2.45, 2.75) is 26.2 Å². The molecule has 0 fully saturated rings. The minimum atomic E-state index is 0.472. The third kappa shape index (κ3) is 3.39. The van der Waals surface area contributed by atoms with Gasteiger partial charge < -0.3 is 0 Å². The first kappa shape index (κ1) is 11.8. The van der Waals surface area contributed by atoms with Crippen LogP contribution in [0.3, 0.4) is 0 Å². The summed E-state index contributed by atoms with van der Waals surface area (Å²) in [5, 5.41) is 0. The van der Waals surface area contributed by atoms with Crippen LogP contribution in [0.1, 0.15) is 26.2 Å². The molecule has 80 valence electrons. The Kier molecular flexibility index (Phi) is 4.89. The summed E-state index contributed by atoms with van der Waals surface area (Å²) in [6.07, 6.45) is 16.0. The van der Waals surface area contributed by atoms with Gasteiger partial charge in [-0.15, -0.1) is 0 Å². The fourth-order valence-corrected chi connectivity index (χ4v) is 1.89. The van der Waals surface area contributed by atoms with E-state index in [0.717, 1.165) is 12.0 Å². The zero-order valence-corrected chi connectivity index (χ0v) is 9.58. The van der Waals surface area contributed by atoms with Crippen molar-refractivity contribution in [2.24, 2.45) is 5.92 Å². The van der Waals surface area contributed by atoms with Gasteiger partial charge >= 0.3 is 0 Å².